The van der Waals surface area contributed by atoms with Gasteiger partial charge in [-0.05, 0) is 24.5 Å². The molecule has 94 valence electrons. The molecule has 0 bridgehead atoms. The van der Waals surface area contributed by atoms with Crippen LogP contribution in [0.1, 0.15) is 12.5 Å². The second-order valence-electron chi connectivity index (χ2n) is 3.90. The largest absolute Gasteiger partial charge is 0.285 e. The van der Waals surface area contributed by atoms with Crippen molar-refractivity contribution in [3.63, 3.8) is 0 Å². The molecule has 17 heavy (non-hydrogen) atoms. The van der Waals surface area contributed by atoms with E-state index in [-0.39, 0.29) is 11.6 Å². The maximum atomic E-state index is 13.2. The molecule has 0 aliphatic heterocycles. The number of rotatable bonds is 5. The van der Waals surface area contributed by atoms with Crippen LogP contribution in [0.15, 0.2) is 17.0 Å². The summed E-state index contributed by atoms with van der Waals surface area (Å²) in [7, 11) is 0. The number of nitro groups is 1. The fraction of sp³-hybridized carbons (Fsp3) is 0.455. The summed E-state index contributed by atoms with van der Waals surface area (Å²) >= 11 is 7.01. The first-order valence-corrected chi connectivity index (χ1v) is 6.61. The van der Waals surface area contributed by atoms with Crippen LogP contribution in [0.5, 0.6) is 0 Å². The van der Waals surface area contributed by atoms with Crippen molar-refractivity contribution in [3.05, 3.63) is 33.6 Å². The van der Waals surface area contributed by atoms with E-state index in [4.69, 9.17) is 11.6 Å². The maximum Gasteiger partial charge on any atom is 0.285 e. The fourth-order valence-electron chi connectivity index (χ4n) is 1.18. The highest BCUT2D eigenvalue weighted by Crippen LogP contribution is 2.32. The third kappa shape index (κ3) is 3.85. The second-order valence-corrected chi connectivity index (χ2v) is 5.27. The number of hydrogen-bond acceptors (Lipinski definition) is 3. The van der Waals surface area contributed by atoms with E-state index in [2.05, 4.69) is 0 Å². The Balaban J connectivity index is 2.96. The molecule has 0 aliphatic carbocycles. The van der Waals surface area contributed by atoms with Crippen molar-refractivity contribution >= 4 is 29.1 Å². The van der Waals surface area contributed by atoms with Gasteiger partial charge in [0.05, 0.1) is 15.9 Å². The number of nitro benzene ring substituents is 1. The van der Waals surface area contributed by atoms with Gasteiger partial charge in [0.2, 0.25) is 0 Å². The molecule has 1 aromatic rings. The summed E-state index contributed by atoms with van der Waals surface area (Å²) in [5.74, 6) is 0.884. The normalized spacial score (nSPS) is 12.5. The van der Waals surface area contributed by atoms with E-state index in [0.29, 0.717) is 22.1 Å². The lowest BCUT2D eigenvalue weighted by atomic mass is 10.2. The third-order valence-corrected chi connectivity index (χ3v) is 4.12. The minimum absolute atomic E-state index is 0.181. The first-order valence-electron chi connectivity index (χ1n) is 5.09. The van der Waals surface area contributed by atoms with E-state index >= 15 is 0 Å². The number of nitrogens with zero attached hydrogens (tertiary/aromatic N) is 1. The fourth-order valence-corrected chi connectivity index (χ4v) is 2.54. The van der Waals surface area contributed by atoms with Crippen molar-refractivity contribution < 1.29 is 9.31 Å². The Bertz CT molecular complexity index is 428. The molecule has 1 atom stereocenters. The summed E-state index contributed by atoms with van der Waals surface area (Å²) in [6.07, 6.45) is 0. The molecule has 1 unspecified atom stereocenters. The van der Waals surface area contributed by atoms with Crippen LogP contribution in [-0.2, 0) is 0 Å². The number of aryl methyl sites for hydroxylation is 1. The van der Waals surface area contributed by atoms with Crippen molar-refractivity contribution in [2.24, 2.45) is 5.92 Å². The van der Waals surface area contributed by atoms with Crippen molar-refractivity contribution in [2.75, 3.05) is 11.6 Å². The molecule has 3 nitrogen and oxygen atoms in total. The summed E-state index contributed by atoms with van der Waals surface area (Å²) < 4.78 is 13.2. The number of thioether (sulfide) groups is 1. The van der Waals surface area contributed by atoms with Crippen molar-refractivity contribution in [1.82, 2.24) is 0 Å². The lowest BCUT2D eigenvalue weighted by Gasteiger charge is -2.08. The molecule has 0 N–H and O–H groups in total. The van der Waals surface area contributed by atoms with Gasteiger partial charge in [0.15, 0.2) is 0 Å². The Morgan fingerprint density at radius 3 is 2.76 bits per heavy atom. The molecule has 0 radical (unpaired) electrons. The van der Waals surface area contributed by atoms with E-state index in [0.717, 1.165) is 6.07 Å². The van der Waals surface area contributed by atoms with Crippen LogP contribution in [0.4, 0.5) is 10.1 Å². The van der Waals surface area contributed by atoms with Gasteiger partial charge in [0.25, 0.3) is 5.69 Å². The molecule has 6 heteroatoms. The molecular weight excluding hydrogens is 265 g/mol. The zero-order valence-electron chi connectivity index (χ0n) is 9.57. The van der Waals surface area contributed by atoms with E-state index in [9.17, 15) is 14.5 Å². The Labute approximate surface area is 109 Å². The maximum absolute atomic E-state index is 13.2. The minimum Gasteiger partial charge on any atom is -0.258 e. The Morgan fingerprint density at radius 2 is 2.24 bits per heavy atom. The highest BCUT2D eigenvalue weighted by Gasteiger charge is 2.17. The highest BCUT2D eigenvalue weighted by molar-refractivity contribution is 7.99. The van der Waals surface area contributed by atoms with Crippen molar-refractivity contribution in [1.29, 1.82) is 0 Å². The number of hydrogen-bond donors (Lipinski definition) is 0. The lowest BCUT2D eigenvalue weighted by molar-refractivity contribution is -0.387. The predicted octanol–water partition coefficient (Wildman–Crippen LogP) is 4.01. The predicted molar refractivity (Wildman–Crippen MR) is 68.4 cm³/mol. The van der Waals surface area contributed by atoms with E-state index in [1.807, 2.05) is 6.92 Å². The van der Waals surface area contributed by atoms with Gasteiger partial charge in [-0.3, -0.25) is 10.1 Å². The molecule has 0 amide bonds. The van der Waals surface area contributed by atoms with Crippen molar-refractivity contribution in [3.8, 4) is 0 Å². The summed E-state index contributed by atoms with van der Waals surface area (Å²) in [6, 6.07) is 2.49. The first kappa shape index (κ1) is 14.3. The zero-order valence-corrected chi connectivity index (χ0v) is 11.1. The Morgan fingerprint density at radius 1 is 1.59 bits per heavy atom. The van der Waals surface area contributed by atoms with E-state index in [1.165, 1.54) is 17.8 Å². The van der Waals surface area contributed by atoms with Crippen LogP contribution >= 0.6 is 23.4 Å². The zero-order chi connectivity index (χ0) is 13.0. The molecule has 1 rings (SSSR count). The summed E-state index contributed by atoms with van der Waals surface area (Å²) in [6.45, 7) is 3.55. The van der Waals surface area contributed by atoms with Crippen molar-refractivity contribution in [2.45, 2.75) is 18.7 Å². The molecule has 0 saturated heterocycles. The quantitative estimate of drug-likeness (QED) is 0.353. The van der Waals surface area contributed by atoms with Gasteiger partial charge in [-0.25, -0.2) is 4.39 Å². The Kier molecular flexibility index (Phi) is 5.21. The van der Waals surface area contributed by atoms with Crippen LogP contribution in [0.2, 0.25) is 0 Å². The van der Waals surface area contributed by atoms with E-state index < -0.39 is 10.7 Å². The molecule has 0 saturated carbocycles. The lowest BCUT2D eigenvalue weighted by Crippen LogP contribution is -2.01. The summed E-state index contributed by atoms with van der Waals surface area (Å²) in [5, 5.41) is 10.8. The average Bonchev–Trinajstić information content (AvgIpc) is 2.29. The molecule has 0 aromatic heterocycles. The molecule has 1 aromatic carbocycles. The van der Waals surface area contributed by atoms with Gasteiger partial charge in [-0.2, -0.15) is 0 Å². The Hall–Kier alpha value is -0.810. The van der Waals surface area contributed by atoms with Crippen LogP contribution in [0, 0.1) is 28.8 Å². The van der Waals surface area contributed by atoms with Crippen LogP contribution in [-0.4, -0.2) is 16.6 Å². The van der Waals surface area contributed by atoms with Gasteiger partial charge in [-0.15, -0.1) is 23.4 Å². The molecule has 0 aliphatic rings. The molecule has 0 spiro atoms. The van der Waals surface area contributed by atoms with E-state index in [1.54, 1.807) is 6.92 Å². The van der Waals surface area contributed by atoms with Crippen LogP contribution in [0.25, 0.3) is 0 Å². The third-order valence-electron chi connectivity index (χ3n) is 2.22. The minimum atomic E-state index is -0.559. The first-order chi connectivity index (χ1) is 7.95. The van der Waals surface area contributed by atoms with Crippen LogP contribution in [0.3, 0.4) is 0 Å². The number of alkyl halides is 1. The topological polar surface area (TPSA) is 43.1 Å². The van der Waals surface area contributed by atoms with Crippen LogP contribution < -0.4 is 0 Å². The highest BCUT2D eigenvalue weighted by atomic mass is 35.5. The monoisotopic (exact) mass is 277 g/mol. The number of benzene rings is 1. The molecular formula is C11H13ClFNO2S. The number of halogens is 2. The summed E-state index contributed by atoms with van der Waals surface area (Å²) in [4.78, 5) is 10.7. The molecule has 0 fully saturated rings. The van der Waals surface area contributed by atoms with Gasteiger partial charge in [0, 0.05) is 11.6 Å². The van der Waals surface area contributed by atoms with Gasteiger partial charge >= 0.3 is 0 Å². The summed E-state index contributed by atoms with van der Waals surface area (Å²) in [5.41, 5.74) is 0.233. The standard InChI is InChI=1S/C11H13ClFNO2S/c1-7(5-12)6-17-11-3-8(2)9(13)4-10(11)14(15)16/h3-4,7H,5-6H2,1-2H3. The van der Waals surface area contributed by atoms with Gasteiger partial charge < -0.3 is 0 Å². The van der Waals surface area contributed by atoms with Gasteiger partial charge in [0.1, 0.15) is 5.82 Å². The molecule has 0 heterocycles. The van der Waals surface area contributed by atoms with Gasteiger partial charge in [-0.1, -0.05) is 6.92 Å². The second kappa shape index (κ2) is 6.21. The smallest absolute Gasteiger partial charge is 0.258 e. The SMILES string of the molecule is Cc1cc(SCC(C)CCl)c([N+](=O)[O-])cc1F. The average molecular weight is 278 g/mol.